The molecular formula is C13H14N2O2S. The van der Waals surface area contributed by atoms with Crippen LogP contribution in [0.2, 0.25) is 0 Å². The highest BCUT2D eigenvalue weighted by Crippen LogP contribution is 2.25. The molecule has 1 aromatic carbocycles. The fourth-order valence-corrected chi connectivity index (χ4v) is 2.33. The van der Waals surface area contributed by atoms with Crippen molar-refractivity contribution in [2.45, 2.75) is 6.42 Å². The van der Waals surface area contributed by atoms with Crippen LogP contribution in [0.1, 0.15) is 5.69 Å². The number of likely N-dealkylation sites (N-methyl/N-ethyl adjacent to an activating group) is 1. The van der Waals surface area contributed by atoms with E-state index in [1.54, 1.807) is 14.2 Å². The summed E-state index contributed by atoms with van der Waals surface area (Å²) < 4.78 is 5.11. The zero-order chi connectivity index (χ0) is 13.0. The lowest BCUT2D eigenvalue weighted by Crippen LogP contribution is -2.19. The van der Waals surface area contributed by atoms with Gasteiger partial charge >= 0.3 is 0 Å². The third kappa shape index (κ3) is 2.87. The molecule has 0 saturated heterocycles. The molecule has 2 rings (SSSR count). The number of ether oxygens (including phenoxy) is 1. The van der Waals surface area contributed by atoms with Gasteiger partial charge < -0.3 is 10.1 Å². The van der Waals surface area contributed by atoms with Crippen molar-refractivity contribution in [1.82, 2.24) is 10.3 Å². The normalized spacial score (nSPS) is 10.1. The van der Waals surface area contributed by atoms with Crippen LogP contribution < -0.4 is 10.1 Å². The van der Waals surface area contributed by atoms with Crippen LogP contribution in [0, 0.1) is 0 Å². The molecule has 0 bridgehead atoms. The zero-order valence-corrected chi connectivity index (χ0v) is 11.1. The second-order valence-corrected chi connectivity index (χ2v) is 4.58. The topological polar surface area (TPSA) is 51.2 Å². The Kier molecular flexibility index (Phi) is 3.94. The maximum atomic E-state index is 11.2. The number of nitrogens with zero attached hydrogens (tertiary/aromatic N) is 1. The van der Waals surface area contributed by atoms with E-state index in [0.29, 0.717) is 6.42 Å². The summed E-state index contributed by atoms with van der Waals surface area (Å²) in [5, 5.41) is 5.41. The average Bonchev–Trinajstić information content (AvgIpc) is 2.87. The van der Waals surface area contributed by atoms with Crippen LogP contribution in [0.15, 0.2) is 29.6 Å². The van der Waals surface area contributed by atoms with Crippen molar-refractivity contribution in [3.05, 3.63) is 35.3 Å². The number of aromatic nitrogens is 1. The quantitative estimate of drug-likeness (QED) is 0.918. The molecule has 1 heterocycles. The van der Waals surface area contributed by atoms with E-state index >= 15 is 0 Å². The standard InChI is InChI=1S/C13H14N2O2S/c1-14-12(16)7-10-8-18-13(15-10)9-3-5-11(17-2)6-4-9/h3-6,8H,7H2,1-2H3,(H,14,16). The second kappa shape index (κ2) is 5.64. The molecule has 0 spiro atoms. The smallest absolute Gasteiger partial charge is 0.225 e. The Labute approximate surface area is 110 Å². The number of carbonyl (C=O) groups is 1. The monoisotopic (exact) mass is 262 g/mol. The SMILES string of the molecule is CNC(=O)Cc1csc(-c2ccc(OC)cc2)n1. The van der Waals surface area contributed by atoms with E-state index in [1.165, 1.54) is 11.3 Å². The number of rotatable bonds is 4. The number of thiazole rings is 1. The average molecular weight is 262 g/mol. The van der Waals surface area contributed by atoms with Crippen LogP contribution >= 0.6 is 11.3 Å². The fraction of sp³-hybridized carbons (Fsp3) is 0.231. The van der Waals surface area contributed by atoms with Crippen molar-refractivity contribution >= 4 is 17.2 Å². The highest BCUT2D eigenvalue weighted by Gasteiger charge is 2.07. The third-order valence-electron chi connectivity index (χ3n) is 2.51. The van der Waals surface area contributed by atoms with Crippen LogP contribution in [0.5, 0.6) is 5.75 Å². The van der Waals surface area contributed by atoms with Gasteiger partial charge in [0.25, 0.3) is 0 Å². The van der Waals surface area contributed by atoms with Gasteiger partial charge in [-0.05, 0) is 24.3 Å². The molecule has 18 heavy (non-hydrogen) atoms. The number of carbonyl (C=O) groups excluding carboxylic acids is 1. The van der Waals surface area contributed by atoms with Crippen molar-refractivity contribution < 1.29 is 9.53 Å². The molecule has 1 amide bonds. The summed E-state index contributed by atoms with van der Waals surface area (Å²) in [7, 11) is 3.26. The summed E-state index contributed by atoms with van der Waals surface area (Å²) in [5.41, 5.74) is 1.83. The molecule has 0 aliphatic heterocycles. The second-order valence-electron chi connectivity index (χ2n) is 3.72. The third-order valence-corrected chi connectivity index (χ3v) is 3.45. The molecule has 0 unspecified atom stereocenters. The maximum Gasteiger partial charge on any atom is 0.225 e. The summed E-state index contributed by atoms with van der Waals surface area (Å²) in [6.45, 7) is 0. The Morgan fingerprint density at radius 2 is 2.11 bits per heavy atom. The van der Waals surface area contributed by atoms with Gasteiger partial charge in [-0.3, -0.25) is 4.79 Å². The van der Waals surface area contributed by atoms with E-state index in [1.807, 2.05) is 29.6 Å². The molecule has 0 aliphatic rings. The number of benzene rings is 1. The van der Waals surface area contributed by atoms with Gasteiger partial charge in [0.05, 0.1) is 19.2 Å². The fourth-order valence-electron chi connectivity index (χ4n) is 1.51. The summed E-state index contributed by atoms with van der Waals surface area (Å²) in [5.74, 6) is 0.794. The number of hydrogen-bond acceptors (Lipinski definition) is 4. The first-order valence-electron chi connectivity index (χ1n) is 5.52. The predicted molar refractivity (Wildman–Crippen MR) is 71.9 cm³/mol. The van der Waals surface area contributed by atoms with Crippen molar-refractivity contribution in [3.8, 4) is 16.3 Å². The summed E-state index contributed by atoms with van der Waals surface area (Å²) in [4.78, 5) is 15.7. The summed E-state index contributed by atoms with van der Waals surface area (Å²) in [6.07, 6.45) is 0.323. The Morgan fingerprint density at radius 1 is 1.39 bits per heavy atom. The molecular weight excluding hydrogens is 248 g/mol. The molecule has 4 nitrogen and oxygen atoms in total. The lowest BCUT2D eigenvalue weighted by molar-refractivity contribution is -0.120. The first kappa shape index (κ1) is 12.6. The van der Waals surface area contributed by atoms with E-state index < -0.39 is 0 Å². The van der Waals surface area contributed by atoms with Crippen LogP contribution in [0.4, 0.5) is 0 Å². The molecule has 0 aliphatic carbocycles. The summed E-state index contributed by atoms with van der Waals surface area (Å²) >= 11 is 1.54. The molecule has 1 N–H and O–H groups in total. The van der Waals surface area contributed by atoms with Gasteiger partial charge in [-0.15, -0.1) is 11.3 Å². The molecule has 2 aromatic rings. The van der Waals surface area contributed by atoms with Crippen molar-refractivity contribution in [1.29, 1.82) is 0 Å². The zero-order valence-electron chi connectivity index (χ0n) is 10.3. The maximum absolute atomic E-state index is 11.2. The molecule has 0 fully saturated rings. The molecule has 0 saturated carbocycles. The molecule has 94 valence electrons. The van der Waals surface area contributed by atoms with Crippen LogP contribution in [0.25, 0.3) is 10.6 Å². The van der Waals surface area contributed by atoms with Gasteiger partial charge in [-0.2, -0.15) is 0 Å². The van der Waals surface area contributed by atoms with Crippen molar-refractivity contribution in [2.75, 3.05) is 14.2 Å². The van der Waals surface area contributed by atoms with Gasteiger partial charge in [0.2, 0.25) is 5.91 Å². The number of hydrogen-bond donors (Lipinski definition) is 1. The van der Waals surface area contributed by atoms with Crippen molar-refractivity contribution in [2.24, 2.45) is 0 Å². The van der Waals surface area contributed by atoms with E-state index in [9.17, 15) is 4.79 Å². The Bertz CT molecular complexity index is 534. The van der Waals surface area contributed by atoms with Crippen molar-refractivity contribution in [3.63, 3.8) is 0 Å². The van der Waals surface area contributed by atoms with E-state index in [0.717, 1.165) is 22.0 Å². The van der Waals surface area contributed by atoms with E-state index in [-0.39, 0.29) is 5.91 Å². The lowest BCUT2D eigenvalue weighted by atomic mass is 10.2. The largest absolute Gasteiger partial charge is 0.497 e. The minimum atomic E-state index is -0.0263. The Balaban J connectivity index is 2.15. The van der Waals surface area contributed by atoms with Gasteiger partial charge in [0.1, 0.15) is 10.8 Å². The van der Waals surface area contributed by atoms with Gasteiger partial charge in [0, 0.05) is 18.0 Å². The highest BCUT2D eigenvalue weighted by atomic mass is 32.1. The summed E-state index contributed by atoms with van der Waals surface area (Å²) in [6, 6.07) is 7.72. The van der Waals surface area contributed by atoms with Crippen LogP contribution in [-0.2, 0) is 11.2 Å². The number of methoxy groups -OCH3 is 1. The molecule has 5 heteroatoms. The molecule has 0 radical (unpaired) electrons. The molecule has 1 aromatic heterocycles. The minimum Gasteiger partial charge on any atom is -0.497 e. The van der Waals surface area contributed by atoms with E-state index in [2.05, 4.69) is 10.3 Å². The first-order chi connectivity index (χ1) is 8.72. The molecule has 0 atom stereocenters. The minimum absolute atomic E-state index is 0.0263. The Morgan fingerprint density at radius 3 is 2.72 bits per heavy atom. The van der Waals surface area contributed by atoms with Crippen LogP contribution in [-0.4, -0.2) is 25.0 Å². The predicted octanol–water partition coefficient (Wildman–Crippen LogP) is 2.11. The Hall–Kier alpha value is -1.88. The van der Waals surface area contributed by atoms with Gasteiger partial charge in [-0.1, -0.05) is 0 Å². The number of amides is 1. The lowest BCUT2D eigenvalue weighted by Gasteiger charge is -2.00. The van der Waals surface area contributed by atoms with E-state index in [4.69, 9.17) is 4.74 Å². The highest BCUT2D eigenvalue weighted by molar-refractivity contribution is 7.13. The first-order valence-corrected chi connectivity index (χ1v) is 6.40. The number of nitrogens with one attached hydrogen (secondary N) is 1. The van der Waals surface area contributed by atoms with Gasteiger partial charge in [0.15, 0.2) is 0 Å². The van der Waals surface area contributed by atoms with Gasteiger partial charge in [-0.25, -0.2) is 4.98 Å². The van der Waals surface area contributed by atoms with Crippen LogP contribution in [0.3, 0.4) is 0 Å².